The quantitative estimate of drug-likeness (QED) is 0.820. The lowest BCUT2D eigenvalue weighted by Crippen LogP contribution is -2.49. The Morgan fingerprint density at radius 2 is 2.00 bits per heavy atom. The molecular formula is C12H16BrN2. The number of nitrogens with two attached hydrogens (primary N) is 1. The molecule has 1 aliphatic rings. The zero-order chi connectivity index (χ0) is 10.8. The van der Waals surface area contributed by atoms with Crippen LogP contribution in [0.2, 0.25) is 0 Å². The van der Waals surface area contributed by atoms with Gasteiger partial charge in [-0.1, -0.05) is 28.1 Å². The van der Waals surface area contributed by atoms with Crippen LogP contribution in [-0.4, -0.2) is 12.7 Å². The van der Waals surface area contributed by atoms with Gasteiger partial charge in [0.15, 0.2) is 0 Å². The highest BCUT2D eigenvalue weighted by Crippen LogP contribution is 2.31. The smallest absolute Gasteiger partial charge is 0.0581 e. The second-order valence-corrected chi connectivity index (χ2v) is 5.01. The van der Waals surface area contributed by atoms with Crippen LogP contribution in [0.25, 0.3) is 0 Å². The van der Waals surface area contributed by atoms with Gasteiger partial charge >= 0.3 is 0 Å². The molecule has 1 aromatic carbocycles. The van der Waals surface area contributed by atoms with Gasteiger partial charge in [0.05, 0.1) is 6.17 Å². The lowest BCUT2D eigenvalue weighted by Gasteiger charge is -2.35. The van der Waals surface area contributed by atoms with Crippen molar-refractivity contribution in [3.63, 3.8) is 0 Å². The van der Waals surface area contributed by atoms with Crippen molar-refractivity contribution in [3.05, 3.63) is 41.2 Å². The Morgan fingerprint density at radius 1 is 1.33 bits per heavy atom. The average Bonchev–Trinajstić information content (AvgIpc) is 2.24. The lowest BCUT2D eigenvalue weighted by molar-refractivity contribution is 0.292. The van der Waals surface area contributed by atoms with Crippen LogP contribution in [-0.2, 0) is 0 Å². The van der Waals surface area contributed by atoms with Crippen LogP contribution >= 0.6 is 15.9 Å². The van der Waals surface area contributed by atoms with Crippen molar-refractivity contribution in [2.45, 2.75) is 18.5 Å². The topological polar surface area (TPSA) is 38.0 Å². The Hall–Kier alpha value is -0.380. The number of hydrogen-bond acceptors (Lipinski definition) is 2. The van der Waals surface area contributed by atoms with Gasteiger partial charge in [0.2, 0.25) is 0 Å². The van der Waals surface area contributed by atoms with E-state index in [-0.39, 0.29) is 12.1 Å². The Kier molecular flexibility index (Phi) is 3.44. The summed E-state index contributed by atoms with van der Waals surface area (Å²) in [6.07, 6.45) is 1.14. The Labute approximate surface area is 99.4 Å². The first-order valence-electron chi connectivity index (χ1n) is 5.26. The van der Waals surface area contributed by atoms with Gasteiger partial charge in [0.25, 0.3) is 0 Å². The zero-order valence-electron chi connectivity index (χ0n) is 8.62. The normalized spacial score (nSPS) is 31.5. The summed E-state index contributed by atoms with van der Waals surface area (Å²) in [6.45, 7) is 5.14. The van der Waals surface area contributed by atoms with Gasteiger partial charge < -0.3 is 11.1 Å². The third-order valence-electron chi connectivity index (χ3n) is 3.11. The van der Waals surface area contributed by atoms with Gasteiger partial charge in [-0.15, -0.1) is 0 Å². The van der Waals surface area contributed by atoms with E-state index in [9.17, 15) is 0 Å². The van der Waals surface area contributed by atoms with Crippen LogP contribution in [0.15, 0.2) is 28.7 Å². The molecule has 2 rings (SSSR count). The molecule has 1 saturated heterocycles. The molecule has 0 bridgehead atoms. The fraction of sp³-hybridized carbons (Fsp3) is 0.417. The predicted molar refractivity (Wildman–Crippen MR) is 66.3 cm³/mol. The second kappa shape index (κ2) is 4.64. The Morgan fingerprint density at radius 3 is 2.67 bits per heavy atom. The minimum atomic E-state index is 0.0207. The van der Waals surface area contributed by atoms with Crippen LogP contribution < -0.4 is 11.1 Å². The van der Waals surface area contributed by atoms with Crippen LogP contribution in [0.5, 0.6) is 0 Å². The molecule has 0 spiro atoms. The molecule has 15 heavy (non-hydrogen) atoms. The van der Waals surface area contributed by atoms with Crippen LogP contribution in [0.1, 0.15) is 17.9 Å². The molecule has 3 unspecified atom stereocenters. The van der Waals surface area contributed by atoms with Gasteiger partial charge in [-0.05, 0) is 49.4 Å². The molecule has 2 nitrogen and oxygen atoms in total. The summed E-state index contributed by atoms with van der Waals surface area (Å²) in [5.41, 5.74) is 7.30. The molecule has 1 heterocycles. The van der Waals surface area contributed by atoms with Gasteiger partial charge in [-0.3, -0.25) is 0 Å². The average molecular weight is 268 g/mol. The van der Waals surface area contributed by atoms with Crippen molar-refractivity contribution < 1.29 is 0 Å². The highest BCUT2D eigenvalue weighted by Gasteiger charge is 2.28. The summed E-state index contributed by atoms with van der Waals surface area (Å²) < 4.78 is 1.12. The fourth-order valence-corrected chi connectivity index (χ4v) is 2.41. The third kappa shape index (κ3) is 2.41. The number of benzene rings is 1. The number of hydrogen-bond donors (Lipinski definition) is 2. The largest absolute Gasteiger partial charge is 0.316 e. The van der Waals surface area contributed by atoms with Gasteiger partial charge in [0, 0.05) is 4.47 Å². The maximum atomic E-state index is 5.95. The van der Waals surface area contributed by atoms with E-state index in [1.54, 1.807) is 0 Å². The number of halogens is 1. The molecule has 81 valence electrons. The highest BCUT2D eigenvalue weighted by molar-refractivity contribution is 9.10. The minimum absolute atomic E-state index is 0.0207. The first kappa shape index (κ1) is 11.1. The van der Waals surface area contributed by atoms with Crippen molar-refractivity contribution in [1.29, 1.82) is 0 Å². The van der Waals surface area contributed by atoms with E-state index in [1.807, 2.05) is 0 Å². The maximum Gasteiger partial charge on any atom is 0.0581 e. The highest BCUT2D eigenvalue weighted by atomic mass is 79.9. The van der Waals surface area contributed by atoms with E-state index in [4.69, 9.17) is 5.73 Å². The molecule has 1 radical (unpaired) electrons. The molecule has 1 aliphatic heterocycles. The molecule has 0 aromatic heterocycles. The number of piperidine rings is 1. The molecule has 1 aromatic rings. The summed E-state index contributed by atoms with van der Waals surface area (Å²) in [4.78, 5) is 0. The minimum Gasteiger partial charge on any atom is -0.316 e. The summed E-state index contributed by atoms with van der Waals surface area (Å²) in [7, 11) is 0. The van der Waals surface area contributed by atoms with E-state index in [1.165, 1.54) is 5.56 Å². The molecular weight excluding hydrogens is 252 g/mol. The van der Waals surface area contributed by atoms with Crippen LogP contribution in [0.4, 0.5) is 0 Å². The fourth-order valence-electron chi connectivity index (χ4n) is 2.15. The van der Waals surface area contributed by atoms with E-state index in [0.29, 0.717) is 5.92 Å². The van der Waals surface area contributed by atoms with Crippen molar-refractivity contribution >= 4 is 15.9 Å². The van der Waals surface area contributed by atoms with Gasteiger partial charge in [-0.25, -0.2) is 0 Å². The molecule has 0 saturated carbocycles. The lowest BCUT2D eigenvalue weighted by atomic mass is 9.80. The van der Waals surface area contributed by atoms with E-state index < -0.39 is 0 Å². The molecule has 3 N–H and O–H groups in total. The van der Waals surface area contributed by atoms with Crippen molar-refractivity contribution in [3.8, 4) is 0 Å². The molecule has 3 heteroatoms. The van der Waals surface area contributed by atoms with E-state index in [0.717, 1.165) is 17.4 Å². The Balaban J connectivity index is 2.18. The zero-order valence-corrected chi connectivity index (χ0v) is 10.2. The van der Waals surface area contributed by atoms with Crippen LogP contribution in [0, 0.1) is 12.8 Å². The SMILES string of the molecule is [CH2]C1C(N)NCCC1c1ccc(Br)cc1. The summed E-state index contributed by atoms with van der Waals surface area (Å²) >= 11 is 3.44. The number of nitrogens with one attached hydrogen (secondary N) is 1. The Bertz CT molecular complexity index is 323. The summed E-state index contributed by atoms with van der Waals surface area (Å²) in [5.74, 6) is 0.731. The molecule has 0 aliphatic carbocycles. The first-order chi connectivity index (χ1) is 7.18. The maximum absolute atomic E-state index is 5.95. The predicted octanol–water partition coefficient (Wildman–Crippen LogP) is 2.26. The standard InChI is InChI=1S/C12H16BrN2/c1-8-11(6-7-15-12(8)14)9-2-4-10(13)5-3-9/h2-5,8,11-12,15H,1,6-7,14H2. The van der Waals surface area contributed by atoms with Crippen molar-refractivity contribution in [1.82, 2.24) is 5.32 Å². The first-order valence-corrected chi connectivity index (χ1v) is 6.05. The third-order valence-corrected chi connectivity index (χ3v) is 3.64. The van der Waals surface area contributed by atoms with Gasteiger partial charge in [0.1, 0.15) is 0 Å². The summed E-state index contributed by atoms with van der Waals surface area (Å²) in [6, 6.07) is 8.47. The van der Waals surface area contributed by atoms with E-state index in [2.05, 4.69) is 52.4 Å². The second-order valence-electron chi connectivity index (χ2n) is 4.09. The van der Waals surface area contributed by atoms with E-state index >= 15 is 0 Å². The van der Waals surface area contributed by atoms with Crippen molar-refractivity contribution in [2.24, 2.45) is 11.7 Å². The summed E-state index contributed by atoms with van der Waals surface area (Å²) in [5, 5.41) is 3.25. The van der Waals surface area contributed by atoms with Gasteiger partial charge in [-0.2, -0.15) is 0 Å². The monoisotopic (exact) mass is 267 g/mol. The number of rotatable bonds is 1. The van der Waals surface area contributed by atoms with Crippen molar-refractivity contribution in [2.75, 3.05) is 6.54 Å². The molecule has 3 atom stereocenters. The molecule has 0 amide bonds. The van der Waals surface area contributed by atoms with Crippen LogP contribution in [0.3, 0.4) is 0 Å². The molecule has 1 fully saturated rings.